The third-order valence-electron chi connectivity index (χ3n) is 3.91. The molecule has 0 aliphatic rings. The van der Waals surface area contributed by atoms with Crippen LogP contribution in [-0.4, -0.2) is 30.5 Å². The van der Waals surface area contributed by atoms with Crippen LogP contribution in [0.1, 0.15) is 16.1 Å². The predicted molar refractivity (Wildman–Crippen MR) is 93.4 cm³/mol. The molecule has 0 saturated carbocycles. The molecule has 1 aromatic carbocycles. The molecule has 0 spiro atoms. The van der Waals surface area contributed by atoms with Crippen molar-refractivity contribution >= 4 is 17.4 Å². The van der Waals surface area contributed by atoms with Crippen LogP contribution in [0.4, 0.5) is 19.0 Å². The molecule has 7 nitrogen and oxygen atoms in total. The van der Waals surface area contributed by atoms with E-state index in [1.165, 1.54) is 59.6 Å². The van der Waals surface area contributed by atoms with Crippen LogP contribution in [0.5, 0.6) is 0 Å². The first kappa shape index (κ1) is 17.6. The Hall–Kier alpha value is -3.82. The molecule has 0 saturated heterocycles. The molecule has 4 rings (SSSR count). The van der Waals surface area contributed by atoms with Crippen molar-refractivity contribution in [1.82, 2.24) is 24.6 Å². The monoisotopic (exact) mass is 384 g/mol. The van der Waals surface area contributed by atoms with Crippen molar-refractivity contribution < 1.29 is 18.0 Å². The normalized spacial score (nSPS) is 11.5. The van der Waals surface area contributed by atoms with Gasteiger partial charge < -0.3 is 5.32 Å². The van der Waals surface area contributed by atoms with Crippen molar-refractivity contribution in [2.24, 2.45) is 0 Å². The third kappa shape index (κ3) is 3.27. The fourth-order valence-corrected chi connectivity index (χ4v) is 2.65. The minimum Gasteiger partial charge on any atom is -0.304 e. The van der Waals surface area contributed by atoms with E-state index >= 15 is 0 Å². The van der Waals surface area contributed by atoms with Gasteiger partial charge in [0.25, 0.3) is 5.91 Å². The first-order chi connectivity index (χ1) is 13.4. The second-order valence-corrected chi connectivity index (χ2v) is 5.72. The number of carbonyl (C=O) groups is 1. The van der Waals surface area contributed by atoms with Gasteiger partial charge in [-0.2, -0.15) is 22.8 Å². The lowest BCUT2D eigenvalue weighted by Crippen LogP contribution is -2.15. The highest BCUT2D eigenvalue weighted by Gasteiger charge is 2.33. The minimum atomic E-state index is -4.52. The summed E-state index contributed by atoms with van der Waals surface area (Å²) in [4.78, 5) is 24.1. The topological polar surface area (TPSA) is 85.1 Å². The maximum Gasteiger partial charge on any atom is 0.417 e. The molecule has 0 bridgehead atoms. The molecule has 140 valence electrons. The van der Waals surface area contributed by atoms with E-state index in [-0.39, 0.29) is 22.8 Å². The smallest absolute Gasteiger partial charge is 0.304 e. The van der Waals surface area contributed by atoms with Crippen LogP contribution >= 0.6 is 0 Å². The molecule has 0 unspecified atom stereocenters. The average Bonchev–Trinajstić information content (AvgIpc) is 3.10. The molecular formula is C18H11F3N6O. The molecule has 10 heteroatoms. The lowest BCUT2D eigenvalue weighted by molar-refractivity contribution is -0.137. The Labute approximate surface area is 155 Å². The zero-order chi connectivity index (χ0) is 19.7. The zero-order valence-electron chi connectivity index (χ0n) is 14.1. The molecule has 1 amide bonds. The summed E-state index contributed by atoms with van der Waals surface area (Å²) in [5, 5.41) is 6.81. The Bertz CT molecular complexity index is 1160. The number of halogens is 3. The number of amides is 1. The third-order valence-corrected chi connectivity index (χ3v) is 3.91. The van der Waals surface area contributed by atoms with Gasteiger partial charge >= 0.3 is 6.18 Å². The second kappa shape index (κ2) is 6.72. The number of nitrogens with one attached hydrogen (secondary N) is 1. The number of hydrogen-bond acceptors (Lipinski definition) is 5. The molecule has 3 aromatic heterocycles. The van der Waals surface area contributed by atoms with E-state index in [4.69, 9.17) is 0 Å². The van der Waals surface area contributed by atoms with E-state index in [0.717, 1.165) is 6.07 Å². The van der Waals surface area contributed by atoms with E-state index in [0.29, 0.717) is 5.65 Å². The number of hydrogen-bond donors (Lipinski definition) is 1. The highest BCUT2D eigenvalue weighted by Crippen LogP contribution is 2.36. The first-order valence-electron chi connectivity index (χ1n) is 8.02. The van der Waals surface area contributed by atoms with Crippen molar-refractivity contribution in [3.63, 3.8) is 0 Å². The molecule has 0 atom stereocenters. The molecule has 1 N–H and O–H groups in total. The van der Waals surface area contributed by atoms with Gasteiger partial charge in [-0.3, -0.25) is 9.78 Å². The minimum absolute atomic E-state index is 0.0724. The number of alkyl halides is 3. The van der Waals surface area contributed by atoms with E-state index in [2.05, 4.69) is 25.4 Å². The van der Waals surface area contributed by atoms with Crippen molar-refractivity contribution in [2.75, 3.05) is 5.32 Å². The van der Waals surface area contributed by atoms with Crippen molar-refractivity contribution in [1.29, 1.82) is 0 Å². The molecular weight excluding hydrogens is 373 g/mol. The van der Waals surface area contributed by atoms with Crippen LogP contribution in [0, 0.1) is 0 Å². The van der Waals surface area contributed by atoms with Crippen molar-refractivity contribution in [2.45, 2.75) is 6.18 Å². The Morgan fingerprint density at radius 2 is 1.82 bits per heavy atom. The van der Waals surface area contributed by atoms with Gasteiger partial charge in [0.05, 0.1) is 23.7 Å². The van der Waals surface area contributed by atoms with Crippen LogP contribution in [0.25, 0.3) is 16.9 Å². The van der Waals surface area contributed by atoms with Gasteiger partial charge in [0.1, 0.15) is 5.69 Å². The summed E-state index contributed by atoms with van der Waals surface area (Å²) >= 11 is 0. The van der Waals surface area contributed by atoms with Crippen LogP contribution in [0.3, 0.4) is 0 Å². The van der Waals surface area contributed by atoms with E-state index < -0.39 is 17.6 Å². The summed E-state index contributed by atoms with van der Waals surface area (Å²) in [6.07, 6.45) is 0.920. The van der Waals surface area contributed by atoms with Gasteiger partial charge in [-0.1, -0.05) is 18.2 Å². The Kier molecular flexibility index (Phi) is 4.22. The summed E-state index contributed by atoms with van der Waals surface area (Å²) in [7, 11) is 0. The number of rotatable bonds is 3. The summed E-state index contributed by atoms with van der Waals surface area (Å²) in [6.45, 7) is 0. The lowest BCUT2D eigenvalue weighted by atomic mass is 10.0. The SMILES string of the molecule is O=C(Nc1cnc2ccc(-c3ccccc3C(F)(F)F)nn12)c1cnccn1. The van der Waals surface area contributed by atoms with Crippen molar-refractivity contribution in [3.8, 4) is 11.3 Å². The van der Waals surface area contributed by atoms with Gasteiger partial charge in [0, 0.05) is 18.0 Å². The number of nitrogens with zero attached hydrogens (tertiary/aromatic N) is 5. The first-order valence-corrected chi connectivity index (χ1v) is 8.02. The average molecular weight is 384 g/mol. The van der Waals surface area contributed by atoms with Crippen LogP contribution in [-0.2, 0) is 6.18 Å². The second-order valence-electron chi connectivity index (χ2n) is 5.72. The number of anilines is 1. The maximum absolute atomic E-state index is 13.3. The van der Waals surface area contributed by atoms with Gasteiger partial charge in [-0.25, -0.2) is 9.97 Å². The van der Waals surface area contributed by atoms with Gasteiger partial charge in [-0.05, 0) is 18.2 Å². The van der Waals surface area contributed by atoms with E-state index in [1.807, 2.05) is 0 Å². The van der Waals surface area contributed by atoms with Crippen LogP contribution in [0.2, 0.25) is 0 Å². The summed E-state index contributed by atoms with van der Waals surface area (Å²) in [6, 6.07) is 8.11. The summed E-state index contributed by atoms with van der Waals surface area (Å²) in [5.74, 6) is -0.352. The highest BCUT2D eigenvalue weighted by molar-refractivity contribution is 6.02. The van der Waals surface area contributed by atoms with Gasteiger partial charge in [0.15, 0.2) is 11.5 Å². The Balaban J connectivity index is 1.75. The zero-order valence-corrected chi connectivity index (χ0v) is 14.1. The van der Waals surface area contributed by atoms with Gasteiger partial charge in [-0.15, -0.1) is 0 Å². The quantitative estimate of drug-likeness (QED) is 0.585. The molecule has 0 aliphatic carbocycles. The number of aromatic nitrogens is 5. The van der Waals surface area contributed by atoms with Crippen LogP contribution < -0.4 is 5.32 Å². The van der Waals surface area contributed by atoms with E-state index in [1.54, 1.807) is 0 Å². The predicted octanol–water partition coefficient (Wildman–Crippen LogP) is 3.46. The molecule has 4 aromatic rings. The molecule has 28 heavy (non-hydrogen) atoms. The fraction of sp³-hybridized carbons (Fsp3) is 0.0556. The number of fused-ring (bicyclic) bond motifs is 1. The standard InChI is InChI=1S/C18H11F3N6O/c19-18(20,21)12-4-2-1-3-11(12)13-5-6-15-24-10-16(27(15)26-13)25-17(28)14-9-22-7-8-23-14/h1-10H,(H,25,28). The largest absolute Gasteiger partial charge is 0.417 e. The Morgan fingerprint density at radius 1 is 1.00 bits per heavy atom. The molecule has 0 aliphatic heterocycles. The summed E-state index contributed by atoms with van der Waals surface area (Å²) < 4.78 is 41.2. The maximum atomic E-state index is 13.3. The number of imidazole rings is 1. The summed E-state index contributed by atoms with van der Waals surface area (Å²) in [5.41, 5.74) is -0.337. The molecule has 3 heterocycles. The molecule has 0 radical (unpaired) electrons. The van der Waals surface area contributed by atoms with Crippen molar-refractivity contribution in [3.05, 3.63) is 72.4 Å². The number of benzene rings is 1. The highest BCUT2D eigenvalue weighted by atomic mass is 19.4. The Morgan fingerprint density at radius 3 is 2.57 bits per heavy atom. The van der Waals surface area contributed by atoms with Gasteiger partial charge in [0.2, 0.25) is 0 Å². The lowest BCUT2D eigenvalue weighted by Gasteiger charge is -2.12. The fourth-order valence-electron chi connectivity index (χ4n) is 2.65. The number of carbonyl (C=O) groups excluding carboxylic acids is 1. The van der Waals surface area contributed by atoms with Crippen LogP contribution in [0.15, 0.2) is 61.2 Å². The van der Waals surface area contributed by atoms with E-state index in [9.17, 15) is 18.0 Å². The molecule has 0 fully saturated rings.